The van der Waals surface area contributed by atoms with Crippen molar-refractivity contribution in [2.45, 2.75) is 44.2 Å². The molecule has 3 aromatic rings. The Bertz CT molecular complexity index is 1360. The lowest BCUT2D eigenvalue weighted by Gasteiger charge is -2.31. The molecule has 1 aliphatic carbocycles. The van der Waals surface area contributed by atoms with E-state index in [1.54, 1.807) is 24.3 Å². The number of fused-ring (bicyclic) bond motifs is 2. The van der Waals surface area contributed by atoms with Crippen LogP contribution in [-0.4, -0.2) is 64.5 Å². The average molecular weight is 657 g/mol. The standard InChI is InChI=1S/C31H34ClN3O4.3ClH/c32-24-7-10-27-23(17-24)6-5-22-2-1-13-34-30(22)29(27)21-11-14-35(15-12-21)18-25(36)19-39-26-8-3-20(4-9-26)16-28(33)31(37)38;;;/h1-4,7-10,13,17,25,28,36H,5-6,11-12,14-16,18-19,33H2,(H,37,38);3*1H/t25?,28-;;;/m0.../s1. The molecule has 42 heavy (non-hydrogen) atoms. The minimum atomic E-state index is -1.02. The van der Waals surface area contributed by atoms with Crippen molar-refractivity contribution in [2.75, 3.05) is 26.2 Å². The number of likely N-dealkylation sites (tertiary alicyclic amines) is 1. The molecule has 0 bridgehead atoms. The molecule has 0 radical (unpaired) electrons. The normalized spacial score (nSPS) is 15.9. The van der Waals surface area contributed by atoms with E-state index in [0.29, 0.717) is 12.3 Å². The predicted octanol–water partition coefficient (Wildman–Crippen LogP) is 5.39. The third-order valence-corrected chi connectivity index (χ3v) is 7.78. The number of aliphatic carboxylic acids is 1. The number of hydrogen-bond acceptors (Lipinski definition) is 6. The Hall–Kier alpha value is -2.36. The number of β-amino-alcohol motifs (C(OH)–C–C–N with tert-alkyl or cyclic N) is 1. The van der Waals surface area contributed by atoms with Crippen LogP contribution in [-0.2, 0) is 24.1 Å². The molecule has 0 amide bonds. The molecule has 2 heterocycles. The van der Waals surface area contributed by atoms with E-state index in [9.17, 15) is 9.90 Å². The number of halogens is 4. The maximum absolute atomic E-state index is 10.9. The highest BCUT2D eigenvalue weighted by atomic mass is 35.5. The lowest BCUT2D eigenvalue weighted by atomic mass is 9.88. The smallest absolute Gasteiger partial charge is 0.320 e. The van der Waals surface area contributed by atoms with E-state index in [0.717, 1.165) is 55.1 Å². The lowest BCUT2D eigenvalue weighted by molar-refractivity contribution is -0.138. The van der Waals surface area contributed by atoms with Crippen molar-refractivity contribution in [1.29, 1.82) is 0 Å². The number of piperidine rings is 1. The highest BCUT2D eigenvalue weighted by Crippen LogP contribution is 2.38. The number of rotatable bonds is 8. The van der Waals surface area contributed by atoms with Gasteiger partial charge in [0.25, 0.3) is 0 Å². The third kappa shape index (κ3) is 8.83. The molecule has 228 valence electrons. The summed E-state index contributed by atoms with van der Waals surface area (Å²) in [5, 5.41) is 20.4. The van der Waals surface area contributed by atoms with E-state index < -0.39 is 18.1 Å². The first-order chi connectivity index (χ1) is 18.9. The second kappa shape index (κ2) is 16.5. The predicted molar refractivity (Wildman–Crippen MR) is 174 cm³/mol. The van der Waals surface area contributed by atoms with Gasteiger partial charge < -0.3 is 20.7 Å². The van der Waals surface area contributed by atoms with Gasteiger partial charge in [-0.1, -0.05) is 41.4 Å². The summed E-state index contributed by atoms with van der Waals surface area (Å²) in [4.78, 5) is 18.0. The quantitative estimate of drug-likeness (QED) is 0.298. The van der Waals surface area contributed by atoms with Gasteiger partial charge in [0.05, 0.1) is 5.69 Å². The molecule has 0 saturated carbocycles. The fraction of sp³-hybridized carbons (Fsp3) is 0.355. The lowest BCUT2D eigenvalue weighted by Crippen LogP contribution is -2.39. The molecule has 1 unspecified atom stereocenters. The van der Waals surface area contributed by atoms with Crippen molar-refractivity contribution >= 4 is 60.4 Å². The zero-order chi connectivity index (χ0) is 27.4. The fourth-order valence-electron chi connectivity index (χ4n) is 5.49. The fourth-order valence-corrected chi connectivity index (χ4v) is 5.69. The van der Waals surface area contributed by atoms with Crippen molar-refractivity contribution in [1.82, 2.24) is 9.88 Å². The van der Waals surface area contributed by atoms with Gasteiger partial charge in [-0.2, -0.15) is 0 Å². The van der Waals surface area contributed by atoms with Gasteiger partial charge in [-0.3, -0.25) is 14.7 Å². The molecule has 0 spiro atoms. The number of nitrogens with zero attached hydrogens (tertiary/aromatic N) is 2. The number of benzene rings is 2. The molecule has 4 N–H and O–H groups in total. The Kier molecular flexibility index (Phi) is 14.1. The summed E-state index contributed by atoms with van der Waals surface area (Å²) in [6.45, 7) is 2.44. The zero-order valence-corrected chi connectivity index (χ0v) is 26.3. The summed E-state index contributed by atoms with van der Waals surface area (Å²) in [5.41, 5.74) is 14.0. The molecular weight excluding hydrogens is 620 g/mol. The van der Waals surface area contributed by atoms with Gasteiger partial charge in [-0.25, -0.2) is 0 Å². The largest absolute Gasteiger partial charge is 0.491 e. The van der Waals surface area contributed by atoms with Crippen molar-refractivity contribution in [3.63, 3.8) is 0 Å². The molecule has 1 fully saturated rings. The summed E-state index contributed by atoms with van der Waals surface area (Å²) >= 11 is 6.35. The SMILES string of the molecule is Cl.Cl.Cl.N[C@@H](Cc1ccc(OCC(O)CN2CCC(=C3c4ccc(Cl)cc4CCc4cccnc43)CC2)cc1)C(=O)O. The number of nitrogens with two attached hydrogens (primary N) is 1. The zero-order valence-electron chi connectivity index (χ0n) is 23.1. The minimum Gasteiger partial charge on any atom is -0.491 e. The van der Waals surface area contributed by atoms with E-state index in [2.05, 4.69) is 23.1 Å². The van der Waals surface area contributed by atoms with Gasteiger partial charge in [0, 0.05) is 36.4 Å². The Morgan fingerprint density at radius 3 is 2.38 bits per heavy atom. The van der Waals surface area contributed by atoms with Crippen LogP contribution in [0.25, 0.3) is 5.57 Å². The summed E-state index contributed by atoms with van der Waals surface area (Å²) in [7, 11) is 0. The van der Waals surface area contributed by atoms with E-state index in [4.69, 9.17) is 32.2 Å². The number of carbonyl (C=O) groups is 1. The Labute approximate surface area is 270 Å². The van der Waals surface area contributed by atoms with Crippen molar-refractivity contribution in [3.05, 3.63) is 99.3 Å². The molecular formula is C31H37Cl4N3O4. The van der Waals surface area contributed by atoms with Gasteiger partial charge in [0.1, 0.15) is 24.5 Å². The first kappa shape index (κ1) is 35.8. The van der Waals surface area contributed by atoms with Crippen LogP contribution in [0.4, 0.5) is 0 Å². The molecule has 1 aromatic heterocycles. The van der Waals surface area contributed by atoms with Crippen LogP contribution in [0, 0.1) is 0 Å². The van der Waals surface area contributed by atoms with E-state index in [1.165, 1.54) is 27.8 Å². The molecule has 2 aromatic carbocycles. The molecule has 2 aliphatic rings. The van der Waals surface area contributed by atoms with Crippen LogP contribution in [0.15, 0.2) is 66.4 Å². The van der Waals surface area contributed by atoms with E-state index in [1.807, 2.05) is 18.3 Å². The van der Waals surface area contributed by atoms with Crippen LogP contribution >= 0.6 is 48.8 Å². The second-order valence-corrected chi connectivity index (χ2v) is 10.8. The molecule has 7 nitrogen and oxygen atoms in total. The van der Waals surface area contributed by atoms with Gasteiger partial charge in [0.15, 0.2) is 0 Å². The van der Waals surface area contributed by atoms with Crippen LogP contribution in [0.2, 0.25) is 5.02 Å². The van der Waals surface area contributed by atoms with Gasteiger partial charge in [0.2, 0.25) is 0 Å². The first-order valence-corrected chi connectivity index (χ1v) is 13.8. The van der Waals surface area contributed by atoms with Crippen LogP contribution in [0.1, 0.15) is 40.8 Å². The Morgan fingerprint density at radius 1 is 1.00 bits per heavy atom. The monoisotopic (exact) mass is 655 g/mol. The number of aryl methyl sites for hydroxylation is 2. The topological polar surface area (TPSA) is 109 Å². The Balaban J connectivity index is 0.00000205. The first-order valence-electron chi connectivity index (χ1n) is 13.4. The number of aliphatic hydroxyl groups excluding tert-OH is 1. The van der Waals surface area contributed by atoms with Crippen molar-refractivity contribution in [3.8, 4) is 5.75 Å². The van der Waals surface area contributed by atoms with Gasteiger partial charge >= 0.3 is 5.97 Å². The van der Waals surface area contributed by atoms with E-state index >= 15 is 0 Å². The van der Waals surface area contributed by atoms with Crippen molar-refractivity contribution < 1.29 is 19.7 Å². The van der Waals surface area contributed by atoms with Crippen LogP contribution < -0.4 is 10.5 Å². The number of hydrogen-bond donors (Lipinski definition) is 3. The summed E-state index contributed by atoms with van der Waals surface area (Å²) in [6.07, 6.45) is 5.24. The maximum Gasteiger partial charge on any atom is 0.320 e. The summed E-state index contributed by atoms with van der Waals surface area (Å²) < 4.78 is 5.78. The summed E-state index contributed by atoms with van der Waals surface area (Å²) in [6, 6.07) is 16.6. The highest BCUT2D eigenvalue weighted by Gasteiger charge is 2.26. The van der Waals surface area contributed by atoms with Gasteiger partial charge in [-0.05, 0) is 84.7 Å². The Morgan fingerprint density at radius 2 is 1.69 bits per heavy atom. The number of aromatic nitrogens is 1. The summed E-state index contributed by atoms with van der Waals surface area (Å²) in [5.74, 6) is -0.393. The highest BCUT2D eigenvalue weighted by molar-refractivity contribution is 6.30. The number of ether oxygens (including phenoxy) is 1. The molecule has 1 saturated heterocycles. The van der Waals surface area contributed by atoms with E-state index in [-0.39, 0.29) is 50.2 Å². The number of carboxylic acids is 1. The number of aliphatic hydroxyl groups is 1. The third-order valence-electron chi connectivity index (χ3n) is 7.55. The van der Waals surface area contributed by atoms with Gasteiger partial charge in [-0.15, -0.1) is 37.2 Å². The molecule has 11 heteroatoms. The molecule has 2 atom stereocenters. The molecule has 5 rings (SSSR count). The maximum atomic E-state index is 10.9. The average Bonchev–Trinajstić information content (AvgIpc) is 3.10. The molecule has 1 aliphatic heterocycles. The second-order valence-electron chi connectivity index (χ2n) is 10.3. The van der Waals surface area contributed by atoms with Crippen molar-refractivity contribution in [2.24, 2.45) is 5.73 Å². The minimum absolute atomic E-state index is 0. The van der Waals surface area contributed by atoms with Crippen LogP contribution in [0.5, 0.6) is 5.75 Å². The number of carboxylic acid groups (broad SMARTS) is 1. The number of pyridine rings is 1. The van der Waals surface area contributed by atoms with Crippen LogP contribution in [0.3, 0.4) is 0 Å².